The summed E-state index contributed by atoms with van der Waals surface area (Å²) in [6.45, 7) is 1.61. The van der Waals surface area contributed by atoms with Crippen molar-refractivity contribution in [1.82, 2.24) is 25.2 Å². The van der Waals surface area contributed by atoms with E-state index >= 15 is 0 Å². The summed E-state index contributed by atoms with van der Waals surface area (Å²) in [6, 6.07) is 9.94. The zero-order valence-electron chi connectivity index (χ0n) is 14.7. The molecule has 1 aliphatic carbocycles. The molecule has 1 aliphatic heterocycles. The van der Waals surface area contributed by atoms with Crippen LogP contribution in [0.5, 0.6) is 0 Å². The molecule has 1 aromatic heterocycles. The van der Waals surface area contributed by atoms with E-state index in [0.717, 1.165) is 42.6 Å². The smallest absolute Gasteiger partial charge is 0.245 e. The zero-order chi connectivity index (χ0) is 17.9. The fourth-order valence-corrected chi connectivity index (χ4v) is 3.75. The highest BCUT2D eigenvalue weighted by Crippen LogP contribution is 2.25. The van der Waals surface area contributed by atoms with Gasteiger partial charge in [0.1, 0.15) is 12.2 Å². The van der Waals surface area contributed by atoms with Crippen LogP contribution < -0.4 is 5.32 Å². The molecule has 4 rings (SSSR count). The van der Waals surface area contributed by atoms with Crippen molar-refractivity contribution in [3.05, 3.63) is 47.3 Å². The highest BCUT2D eigenvalue weighted by Gasteiger charge is 2.28. The summed E-state index contributed by atoms with van der Waals surface area (Å²) >= 11 is 0. The summed E-state index contributed by atoms with van der Waals surface area (Å²) in [7, 11) is 0. The molecule has 0 spiro atoms. The molecule has 2 amide bonds. The molecule has 0 unspecified atom stereocenters. The van der Waals surface area contributed by atoms with Crippen molar-refractivity contribution in [3.63, 3.8) is 0 Å². The van der Waals surface area contributed by atoms with Gasteiger partial charge >= 0.3 is 0 Å². The molecule has 1 saturated carbocycles. The van der Waals surface area contributed by atoms with Crippen LogP contribution in [0.25, 0.3) is 0 Å². The van der Waals surface area contributed by atoms with Crippen molar-refractivity contribution < 1.29 is 9.59 Å². The molecule has 0 saturated heterocycles. The first kappa shape index (κ1) is 16.8. The molecule has 7 heteroatoms. The second kappa shape index (κ2) is 7.27. The van der Waals surface area contributed by atoms with Crippen LogP contribution in [0.15, 0.2) is 30.3 Å². The van der Waals surface area contributed by atoms with E-state index in [2.05, 4.69) is 15.6 Å². The molecular weight excluding hydrogens is 330 g/mol. The number of carbonyl (C=O) groups is 2. The van der Waals surface area contributed by atoms with Gasteiger partial charge in [-0.05, 0) is 18.4 Å². The van der Waals surface area contributed by atoms with Gasteiger partial charge in [-0.1, -0.05) is 48.4 Å². The Labute approximate surface area is 152 Å². The molecule has 2 aromatic rings. The Morgan fingerprint density at radius 2 is 1.92 bits per heavy atom. The minimum absolute atomic E-state index is 0.0350. The van der Waals surface area contributed by atoms with Gasteiger partial charge in [0.2, 0.25) is 11.8 Å². The Bertz CT molecular complexity index is 796. The first-order chi connectivity index (χ1) is 12.7. The summed E-state index contributed by atoms with van der Waals surface area (Å²) in [6.07, 6.45) is 4.22. The average molecular weight is 353 g/mol. The van der Waals surface area contributed by atoms with Crippen LogP contribution >= 0.6 is 0 Å². The number of hydrogen-bond acceptors (Lipinski definition) is 4. The van der Waals surface area contributed by atoms with Crippen molar-refractivity contribution in [2.45, 2.75) is 51.9 Å². The monoisotopic (exact) mass is 353 g/mol. The standard InChI is InChI=1S/C19H23N5O2/c25-18-13-24-17(12-23(18)11-14-6-2-1-3-7-14)16(21-22-24)10-20-19(26)15-8-4-5-9-15/h1-3,6-7,15H,4-5,8-13H2,(H,20,26). The lowest BCUT2D eigenvalue weighted by Crippen LogP contribution is -2.39. The Morgan fingerprint density at radius 1 is 1.15 bits per heavy atom. The van der Waals surface area contributed by atoms with Gasteiger partial charge in [0, 0.05) is 12.5 Å². The minimum atomic E-state index is 0.0350. The number of nitrogens with one attached hydrogen (secondary N) is 1. The number of aromatic nitrogens is 3. The maximum atomic E-state index is 12.4. The van der Waals surface area contributed by atoms with Crippen LogP contribution in [-0.4, -0.2) is 31.7 Å². The van der Waals surface area contributed by atoms with Crippen molar-refractivity contribution >= 4 is 11.8 Å². The SMILES string of the molecule is O=C(NCc1nnn2c1CN(Cc1ccccc1)C(=O)C2)C1CCCC1. The second-order valence-electron chi connectivity index (χ2n) is 7.08. The highest BCUT2D eigenvalue weighted by atomic mass is 16.2. The Kier molecular flexibility index (Phi) is 4.69. The van der Waals surface area contributed by atoms with Crippen LogP contribution in [0, 0.1) is 5.92 Å². The molecule has 1 N–H and O–H groups in total. The fourth-order valence-electron chi connectivity index (χ4n) is 3.75. The van der Waals surface area contributed by atoms with E-state index in [4.69, 9.17) is 0 Å². The van der Waals surface area contributed by atoms with Crippen LogP contribution in [0.4, 0.5) is 0 Å². The van der Waals surface area contributed by atoms with Gasteiger partial charge in [-0.25, -0.2) is 4.68 Å². The predicted octanol–water partition coefficient (Wildman–Crippen LogP) is 1.63. The van der Waals surface area contributed by atoms with Gasteiger partial charge in [0.25, 0.3) is 0 Å². The largest absolute Gasteiger partial charge is 0.350 e. The van der Waals surface area contributed by atoms with Gasteiger partial charge in [-0.2, -0.15) is 0 Å². The average Bonchev–Trinajstić information content (AvgIpc) is 3.31. The van der Waals surface area contributed by atoms with E-state index in [1.54, 1.807) is 4.68 Å². The first-order valence-electron chi connectivity index (χ1n) is 9.21. The minimum Gasteiger partial charge on any atom is -0.350 e. The lowest BCUT2D eigenvalue weighted by Gasteiger charge is -2.27. The van der Waals surface area contributed by atoms with Gasteiger partial charge in [0.15, 0.2) is 0 Å². The lowest BCUT2D eigenvalue weighted by molar-refractivity contribution is -0.135. The number of rotatable bonds is 5. The molecule has 136 valence electrons. The normalized spacial score (nSPS) is 17.4. The molecule has 0 atom stereocenters. The van der Waals surface area contributed by atoms with Crippen molar-refractivity contribution in [2.75, 3.05) is 0 Å². The number of hydrogen-bond donors (Lipinski definition) is 1. The molecule has 1 aromatic carbocycles. The summed E-state index contributed by atoms with van der Waals surface area (Å²) in [5.74, 6) is 0.280. The van der Waals surface area contributed by atoms with E-state index in [1.807, 2.05) is 35.2 Å². The molecule has 1 fully saturated rings. The maximum absolute atomic E-state index is 12.4. The number of benzene rings is 1. The van der Waals surface area contributed by atoms with Crippen LogP contribution in [0.3, 0.4) is 0 Å². The van der Waals surface area contributed by atoms with E-state index in [-0.39, 0.29) is 24.3 Å². The topological polar surface area (TPSA) is 80.1 Å². The predicted molar refractivity (Wildman–Crippen MR) is 94.5 cm³/mol. The third kappa shape index (κ3) is 3.47. The third-order valence-corrected chi connectivity index (χ3v) is 5.27. The summed E-state index contributed by atoms with van der Waals surface area (Å²) in [5.41, 5.74) is 2.76. The maximum Gasteiger partial charge on any atom is 0.245 e. The van der Waals surface area contributed by atoms with Crippen molar-refractivity contribution in [3.8, 4) is 0 Å². The van der Waals surface area contributed by atoms with E-state index in [0.29, 0.717) is 19.6 Å². The summed E-state index contributed by atoms with van der Waals surface area (Å²) < 4.78 is 1.65. The van der Waals surface area contributed by atoms with E-state index < -0.39 is 0 Å². The molecular formula is C19H23N5O2. The summed E-state index contributed by atoms with van der Waals surface area (Å²) in [4.78, 5) is 26.4. The number of amides is 2. The van der Waals surface area contributed by atoms with Crippen LogP contribution in [0.2, 0.25) is 0 Å². The second-order valence-corrected chi connectivity index (χ2v) is 7.08. The van der Waals surface area contributed by atoms with Gasteiger partial charge < -0.3 is 10.2 Å². The van der Waals surface area contributed by atoms with Gasteiger partial charge in [-0.3, -0.25) is 9.59 Å². The Hall–Kier alpha value is -2.70. The van der Waals surface area contributed by atoms with Gasteiger partial charge in [0.05, 0.1) is 18.8 Å². The van der Waals surface area contributed by atoms with Gasteiger partial charge in [-0.15, -0.1) is 5.10 Å². The highest BCUT2D eigenvalue weighted by molar-refractivity contribution is 5.79. The number of carbonyl (C=O) groups excluding carboxylic acids is 2. The van der Waals surface area contributed by atoms with Crippen molar-refractivity contribution in [1.29, 1.82) is 0 Å². The van der Waals surface area contributed by atoms with E-state index in [1.165, 1.54) is 0 Å². The van der Waals surface area contributed by atoms with Crippen molar-refractivity contribution in [2.24, 2.45) is 5.92 Å². The molecule has 26 heavy (non-hydrogen) atoms. The Morgan fingerprint density at radius 3 is 2.69 bits per heavy atom. The first-order valence-corrected chi connectivity index (χ1v) is 9.21. The van der Waals surface area contributed by atoms with Crippen LogP contribution in [0.1, 0.15) is 42.6 Å². The molecule has 2 aliphatic rings. The molecule has 2 heterocycles. The quantitative estimate of drug-likeness (QED) is 0.886. The fraction of sp³-hybridized carbons (Fsp3) is 0.474. The molecule has 7 nitrogen and oxygen atoms in total. The third-order valence-electron chi connectivity index (χ3n) is 5.27. The lowest BCUT2D eigenvalue weighted by atomic mass is 10.1. The number of fused-ring (bicyclic) bond motifs is 1. The van der Waals surface area contributed by atoms with E-state index in [9.17, 15) is 9.59 Å². The Balaban J connectivity index is 1.43. The number of nitrogens with zero attached hydrogens (tertiary/aromatic N) is 4. The summed E-state index contributed by atoms with van der Waals surface area (Å²) in [5, 5.41) is 11.3. The van der Waals surface area contributed by atoms with Crippen LogP contribution in [-0.2, 0) is 35.8 Å². The molecule has 0 bridgehead atoms. The zero-order valence-corrected chi connectivity index (χ0v) is 14.7. The molecule has 0 radical (unpaired) electrons.